The Bertz CT molecular complexity index is 965. The van der Waals surface area contributed by atoms with Gasteiger partial charge in [-0.15, -0.1) is 0 Å². The lowest BCUT2D eigenvalue weighted by Crippen LogP contribution is -2.23. The van der Waals surface area contributed by atoms with E-state index in [1.165, 1.54) is 0 Å². The third-order valence-corrected chi connectivity index (χ3v) is 3.83. The third-order valence-electron chi connectivity index (χ3n) is 3.83. The van der Waals surface area contributed by atoms with Crippen LogP contribution >= 0.6 is 0 Å². The van der Waals surface area contributed by atoms with Crippen molar-refractivity contribution >= 4 is 11.6 Å². The van der Waals surface area contributed by atoms with Crippen molar-refractivity contribution in [3.05, 3.63) is 66.4 Å². The van der Waals surface area contributed by atoms with Crippen LogP contribution in [0.25, 0.3) is 16.9 Å². The van der Waals surface area contributed by atoms with Crippen LogP contribution in [0.1, 0.15) is 17.4 Å². The second-order valence-electron chi connectivity index (χ2n) is 5.41. The van der Waals surface area contributed by atoms with Crippen LogP contribution in [0.4, 0.5) is 0 Å². The first-order valence-electron chi connectivity index (χ1n) is 7.84. The largest absolute Gasteiger partial charge is 0.392 e. The summed E-state index contributed by atoms with van der Waals surface area (Å²) >= 11 is 0. The van der Waals surface area contributed by atoms with E-state index in [9.17, 15) is 4.79 Å². The smallest absolute Gasteiger partial charge is 0.274 e. The predicted octanol–water partition coefficient (Wildman–Crippen LogP) is 1.92. The number of amides is 1. The molecule has 2 N–H and O–H groups in total. The second-order valence-corrected chi connectivity index (χ2v) is 5.41. The van der Waals surface area contributed by atoms with Crippen LogP contribution in [-0.2, 0) is 7.05 Å². The van der Waals surface area contributed by atoms with Gasteiger partial charge >= 0.3 is 0 Å². The van der Waals surface area contributed by atoms with Gasteiger partial charge in [0.2, 0.25) is 0 Å². The minimum absolute atomic E-state index is 0.0837. The summed E-state index contributed by atoms with van der Waals surface area (Å²) in [5.74, 6) is -0.267. The van der Waals surface area contributed by atoms with Gasteiger partial charge in [-0.1, -0.05) is 12.2 Å². The first kappa shape index (κ1) is 16.7. The lowest BCUT2D eigenvalue weighted by Gasteiger charge is -2.07. The molecule has 0 saturated carbocycles. The van der Waals surface area contributed by atoms with E-state index in [1.807, 2.05) is 38.4 Å². The van der Waals surface area contributed by atoms with Gasteiger partial charge in [-0.05, 0) is 31.2 Å². The van der Waals surface area contributed by atoms with Gasteiger partial charge in [-0.2, -0.15) is 5.10 Å². The van der Waals surface area contributed by atoms with Crippen molar-refractivity contribution in [2.24, 2.45) is 7.05 Å². The summed E-state index contributed by atoms with van der Waals surface area (Å²) in [6, 6.07) is 5.76. The van der Waals surface area contributed by atoms with E-state index >= 15 is 0 Å². The van der Waals surface area contributed by atoms with E-state index in [0.717, 1.165) is 11.3 Å². The fraction of sp³-hybridized carbons (Fsp3) is 0.167. The number of hydrogen-bond donors (Lipinski definition) is 2. The van der Waals surface area contributed by atoms with Crippen molar-refractivity contribution in [3.8, 4) is 11.3 Å². The van der Waals surface area contributed by atoms with Crippen LogP contribution in [0.5, 0.6) is 0 Å². The maximum absolute atomic E-state index is 12.5. The molecule has 0 bridgehead atoms. The van der Waals surface area contributed by atoms with Gasteiger partial charge < -0.3 is 10.4 Å². The number of imidazole rings is 1. The first-order chi connectivity index (χ1) is 12.1. The number of pyridine rings is 1. The van der Waals surface area contributed by atoms with Gasteiger partial charge in [0.15, 0.2) is 0 Å². The Balaban J connectivity index is 1.90. The average molecular weight is 337 g/mol. The molecule has 0 fully saturated rings. The maximum atomic E-state index is 12.5. The summed E-state index contributed by atoms with van der Waals surface area (Å²) in [4.78, 5) is 16.8. The zero-order valence-corrected chi connectivity index (χ0v) is 14.0. The fourth-order valence-electron chi connectivity index (χ4n) is 2.55. The summed E-state index contributed by atoms with van der Waals surface area (Å²) < 4.78 is 3.52. The number of nitrogens with one attached hydrogen (secondary N) is 1. The summed E-state index contributed by atoms with van der Waals surface area (Å²) in [6.07, 6.45) is 10.1. The number of carbonyl (C=O) groups excluding carboxylic acids is 1. The Hall–Kier alpha value is -3.19. The molecule has 25 heavy (non-hydrogen) atoms. The molecule has 7 nitrogen and oxygen atoms in total. The number of fused-ring (bicyclic) bond motifs is 1. The van der Waals surface area contributed by atoms with Gasteiger partial charge in [0.25, 0.3) is 5.91 Å². The van der Waals surface area contributed by atoms with Crippen LogP contribution in [-0.4, -0.2) is 36.8 Å². The van der Waals surface area contributed by atoms with Crippen LogP contribution in [0.15, 0.2) is 60.7 Å². The monoisotopic (exact) mass is 337 g/mol. The van der Waals surface area contributed by atoms with E-state index in [1.54, 1.807) is 39.7 Å². The summed E-state index contributed by atoms with van der Waals surface area (Å²) in [5.41, 5.74) is 3.67. The molecular formula is C18H19N5O2. The molecular weight excluding hydrogens is 318 g/mol. The molecule has 3 heterocycles. The molecule has 128 valence electrons. The number of aryl methyl sites for hydroxylation is 1. The fourth-order valence-corrected chi connectivity index (χ4v) is 2.55. The average Bonchev–Trinajstić information content (AvgIpc) is 3.23. The number of carbonyl (C=O) groups is 1. The van der Waals surface area contributed by atoms with Crippen molar-refractivity contribution in [1.82, 2.24) is 24.5 Å². The first-order valence-corrected chi connectivity index (χ1v) is 7.84. The Morgan fingerprint density at radius 3 is 2.92 bits per heavy atom. The summed E-state index contributed by atoms with van der Waals surface area (Å²) in [6.45, 7) is 1.73. The molecule has 0 radical (unpaired) electrons. The van der Waals surface area contributed by atoms with Gasteiger partial charge in [0, 0.05) is 30.7 Å². The Morgan fingerprint density at radius 2 is 2.24 bits per heavy atom. The van der Waals surface area contributed by atoms with Gasteiger partial charge in [-0.3, -0.25) is 13.9 Å². The number of aromatic nitrogens is 4. The van der Waals surface area contributed by atoms with Crippen molar-refractivity contribution in [1.29, 1.82) is 0 Å². The molecule has 0 aliphatic rings. The lowest BCUT2D eigenvalue weighted by atomic mass is 10.2. The zero-order chi connectivity index (χ0) is 17.8. The molecule has 0 atom stereocenters. The van der Waals surface area contributed by atoms with E-state index in [-0.39, 0.29) is 12.5 Å². The molecule has 7 heteroatoms. The number of hydrogen-bond acceptors (Lipinski definition) is 4. The Morgan fingerprint density at radius 1 is 1.40 bits per heavy atom. The van der Waals surface area contributed by atoms with Crippen molar-refractivity contribution in [2.75, 3.05) is 6.61 Å². The molecule has 0 spiro atoms. The van der Waals surface area contributed by atoms with Crippen LogP contribution in [0, 0.1) is 0 Å². The normalized spacial score (nSPS) is 12.2. The van der Waals surface area contributed by atoms with E-state index in [4.69, 9.17) is 5.11 Å². The molecule has 3 aromatic heterocycles. The minimum atomic E-state index is -0.267. The molecule has 0 aliphatic heterocycles. The standard InChI is InChI=1S/C18H19N5O2/c1-3-14(5-4-10-24)21-18(25)16-12-19-17-11-13(7-9-23(16)17)15-6-8-20-22(15)2/h3-9,11-12,24H,10H2,1-2H3,(H,21,25). The highest BCUT2D eigenvalue weighted by Crippen LogP contribution is 2.20. The topological polar surface area (TPSA) is 84.4 Å². The molecule has 0 saturated heterocycles. The number of allylic oxidation sites excluding steroid dienone is 2. The molecule has 1 amide bonds. The summed E-state index contributed by atoms with van der Waals surface area (Å²) in [5, 5.41) is 15.8. The molecule has 3 aromatic rings. The van der Waals surface area contributed by atoms with Crippen molar-refractivity contribution < 1.29 is 9.90 Å². The zero-order valence-electron chi connectivity index (χ0n) is 14.0. The summed E-state index contributed by atoms with van der Waals surface area (Å²) in [7, 11) is 1.88. The molecule has 3 rings (SSSR count). The van der Waals surface area contributed by atoms with Crippen LogP contribution < -0.4 is 5.32 Å². The molecule has 0 aliphatic carbocycles. The Labute approximate surface area is 144 Å². The van der Waals surface area contributed by atoms with Crippen LogP contribution in [0.2, 0.25) is 0 Å². The number of aliphatic hydroxyl groups is 1. The van der Waals surface area contributed by atoms with Crippen LogP contribution in [0.3, 0.4) is 0 Å². The predicted molar refractivity (Wildman–Crippen MR) is 94.8 cm³/mol. The van der Waals surface area contributed by atoms with Gasteiger partial charge in [0.1, 0.15) is 11.3 Å². The highest BCUT2D eigenvalue weighted by Gasteiger charge is 2.13. The highest BCUT2D eigenvalue weighted by molar-refractivity contribution is 5.94. The minimum Gasteiger partial charge on any atom is -0.392 e. The number of nitrogens with zero attached hydrogens (tertiary/aromatic N) is 4. The lowest BCUT2D eigenvalue weighted by molar-refractivity contribution is 0.0961. The van der Waals surface area contributed by atoms with E-state index in [2.05, 4.69) is 15.4 Å². The van der Waals surface area contributed by atoms with E-state index < -0.39 is 0 Å². The van der Waals surface area contributed by atoms with Gasteiger partial charge in [-0.25, -0.2) is 4.98 Å². The molecule has 0 aromatic carbocycles. The Kier molecular flexibility index (Phi) is 4.76. The van der Waals surface area contributed by atoms with Crippen molar-refractivity contribution in [3.63, 3.8) is 0 Å². The third kappa shape index (κ3) is 3.36. The second kappa shape index (κ2) is 7.14. The highest BCUT2D eigenvalue weighted by atomic mass is 16.2. The number of aliphatic hydroxyl groups excluding tert-OH is 1. The van der Waals surface area contributed by atoms with Crippen molar-refractivity contribution in [2.45, 2.75) is 6.92 Å². The van der Waals surface area contributed by atoms with Gasteiger partial charge in [0.05, 0.1) is 18.5 Å². The molecule has 0 unspecified atom stereocenters. The maximum Gasteiger partial charge on any atom is 0.274 e. The SMILES string of the molecule is CC=C(C=CCO)NC(=O)c1cnc2cc(-c3ccnn3C)ccn12. The van der Waals surface area contributed by atoms with E-state index in [0.29, 0.717) is 17.0 Å². The number of rotatable bonds is 5. The quantitative estimate of drug-likeness (QED) is 0.697.